The maximum absolute atomic E-state index is 13.4. The number of amides is 1. The van der Waals surface area contributed by atoms with Crippen molar-refractivity contribution in [3.05, 3.63) is 100 Å². The van der Waals surface area contributed by atoms with Crippen LogP contribution in [0.4, 0.5) is 5.69 Å². The summed E-state index contributed by atoms with van der Waals surface area (Å²) in [6, 6.07) is 22.6. The third-order valence-electron chi connectivity index (χ3n) is 5.46. The van der Waals surface area contributed by atoms with Gasteiger partial charge < -0.3 is 4.90 Å². The standard InChI is InChI=1S/C25H19N3O2/c1-16-11-13-17(14-12-16)28-23(26-21-9-5-3-8-19(21)25(28)30)15-20-18-7-4-6-10-22(18)27(2)24(20)29/h3-15H,1-2H3. The zero-order valence-corrected chi connectivity index (χ0v) is 16.7. The molecule has 0 bridgehead atoms. The molecule has 1 aromatic heterocycles. The van der Waals surface area contributed by atoms with Crippen molar-refractivity contribution >= 4 is 34.1 Å². The third-order valence-corrected chi connectivity index (χ3v) is 5.46. The van der Waals surface area contributed by atoms with Crippen molar-refractivity contribution in [3.8, 4) is 5.69 Å². The number of aryl methyl sites for hydroxylation is 1. The molecule has 1 aliphatic heterocycles. The van der Waals surface area contributed by atoms with Gasteiger partial charge in [0, 0.05) is 12.6 Å². The summed E-state index contributed by atoms with van der Waals surface area (Å²) < 4.78 is 1.57. The molecule has 5 rings (SSSR count). The maximum Gasteiger partial charge on any atom is 0.266 e. The number of nitrogens with zero attached hydrogens (tertiary/aromatic N) is 3. The van der Waals surface area contributed by atoms with Gasteiger partial charge in [-0.3, -0.25) is 14.2 Å². The van der Waals surface area contributed by atoms with Crippen LogP contribution in [0.25, 0.3) is 28.2 Å². The summed E-state index contributed by atoms with van der Waals surface area (Å²) in [6.45, 7) is 2.00. The smallest absolute Gasteiger partial charge is 0.266 e. The minimum atomic E-state index is -0.164. The Morgan fingerprint density at radius 3 is 2.37 bits per heavy atom. The quantitative estimate of drug-likeness (QED) is 0.480. The van der Waals surface area contributed by atoms with Crippen molar-refractivity contribution in [1.82, 2.24) is 9.55 Å². The highest BCUT2D eigenvalue weighted by Crippen LogP contribution is 2.36. The second kappa shape index (κ2) is 6.81. The molecular formula is C25H19N3O2. The van der Waals surface area contributed by atoms with E-state index in [1.54, 1.807) is 28.7 Å². The van der Waals surface area contributed by atoms with Gasteiger partial charge in [0.25, 0.3) is 11.5 Å². The lowest BCUT2D eigenvalue weighted by Gasteiger charge is -2.12. The van der Waals surface area contributed by atoms with E-state index in [0.29, 0.717) is 28.0 Å². The van der Waals surface area contributed by atoms with Crippen molar-refractivity contribution in [3.63, 3.8) is 0 Å². The molecule has 1 aliphatic rings. The SMILES string of the molecule is Cc1ccc(-n2c(C=C3C(=O)N(C)c4ccccc43)nc3ccccc3c2=O)cc1. The van der Waals surface area contributed by atoms with E-state index >= 15 is 0 Å². The Balaban J connectivity index is 1.82. The van der Waals surface area contributed by atoms with Crippen molar-refractivity contribution in [2.45, 2.75) is 6.92 Å². The Bertz CT molecular complexity index is 1400. The Morgan fingerprint density at radius 1 is 0.867 bits per heavy atom. The number of benzene rings is 3. The lowest BCUT2D eigenvalue weighted by Crippen LogP contribution is -2.23. The van der Waals surface area contributed by atoms with Crippen LogP contribution < -0.4 is 10.5 Å². The average molecular weight is 393 g/mol. The monoisotopic (exact) mass is 393 g/mol. The average Bonchev–Trinajstić information content (AvgIpc) is 3.00. The molecule has 146 valence electrons. The van der Waals surface area contributed by atoms with E-state index in [2.05, 4.69) is 0 Å². The highest BCUT2D eigenvalue weighted by Gasteiger charge is 2.29. The van der Waals surface area contributed by atoms with Gasteiger partial charge in [0.15, 0.2) is 0 Å². The third kappa shape index (κ3) is 2.75. The molecule has 0 unspecified atom stereocenters. The fraction of sp³-hybridized carbons (Fsp3) is 0.0800. The molecule has 3 aromatic carbocycles. The van der Waals surface area contributed by atoms with Crippen LogP contribution in [0, 0.1) is 6.92 Å². The van der Waals surface area contributed by atoms with Gasteiger partial charge in [0.2, 0.25) is 0 Å². The minimum Gasteiger partial charge on any atom is -0.311 e. The molecular weight excluding hydrogens is 374 g/mol. The first kappa shape index (κ1) is 18.1. The maximum atomic E-state index is 13.4. The van der Waals surface area contributed by atoms with Crippen LogP contribution in [0.2, 0.25) is 0 Å². The van der Waals surface area contributed by atoms with Crippen LogP contribution >= 0.6 is 0 Å². The fourth-order valence-corrected chi connectivity index (χ4v) is 3.86. The molecule has 4 aromatic rings. The molecule has 0 saturated heterocycles. The summed E-state index contributed by atoms with van der Waals surface area (Å²) in [6.07, 6.45) is 1.72. The van der Waals surface area contributed by atoms with Gasteiger partial charge in [-0.25, -0.2) is 4.98 Å². The number of anilines is 1. The van der Waals surface area contributed by atoms with E-state index in [1.165, 1.54) is 0 Å². The molecule has 0 saturated carbocycles. The number of hydrogen-bond donors (Lipinski definition) is 0. The first-order valence-corrected chi connectivity index (χ1v) is 9.72. The lowest BCUT2D eigenvalue weighted by molar-refractivity contribution is -0.112. The van der Waals surface area contributed by atoms with Gasteiger partial charge in [-0.05, 0) is 43.3 Å². The Kier molecular flexibility index (Phi) is 4.10. The van der Waals surface area contributed by atoms with Crippen LogP contribution in [0.3, 0.4) is 0 Å². The molecule has 5 heteroatoms. The number of carbonyl (C=O) groups excluding carboxylic acids is 1. The van der Waals surface area contributed by atoms with Gasteiger partial charge in [0.05, 0.1) is 27.9 Å². The lowest BCUT2D eigenvalue weighted by atomic mass is 10.1. The second-order valence-electron chi connectivity index (χ2n) is 7.40. The number of likely N-dealkylation sites (N-methyl/N-ethyl adjacent to an activating group) is 1. The summed E-state index contributed by atoms with van der Waals surface area (Å²) in [4.78, 5) is 32.7. The Labute approximate surface area is 173 Å². The molecule has 5 nitrogen and oxygen atoms in total. The highest BCUT2D eigenvalue weighted by atomic mass is 16.2. The zero-order chi connectivity index (χ0) is 20.8. The highest BCUT2D eigenvalue weighted by molar-refractivity contribution is 6.35. The fourth-order valence-electron chi connectivity index (χ4n) is 3.86. The number of para-hydroxylation sites is 2. The summed E-state index contributed by atoms with van der Waals surface area (Å²) >= 11 is 0. The van der Waals surface area contributed by atoms with Crippen LogP contribution in [-0.4, -0.2) is 22.5 Å². The van der Waals surface area contributed by atoms with Crippen molar-refractivity contribution in [2.75, 3.05) is 11.9 Å². The number of carbonyl (C=O) groups is 1. The number of fused-ring (bicyclic) bond motifs is 2. The largest absolute Gasteiger partial charge is 0.311 e. The zero-order valence-electron chi connectivity index (χ0n) is 16.7. The van der Waals surface area contributed by atoms with Crippen LogP contribution in [0.15, 0.2) is 77.6 Å². The van der Waals surface area contributed by atoms with Crippen molar-refractivity contribution in [1.29, 1.82) is 0 Å². The topological polar surface area (TPSA) is 55.2 Å². The predicted molar refractivity (Wildman–Crippen MR) is 120 cm³/mol. The first-order chi connectivity index (χ1) is 14.5. The molecule has 0 fully saturated rings. The predicted octanol–water partition coefficient (Wildman–Crippen LogP) is 4.21. The number of hydrogen-bond acceptors (Lipinski definition) is 3. The van der Waals surface area contributed by atoms with E-state index in [1.807, 2.05) is 73.7 Å². The van der Waals surface area contributed by atoms with Crippen molar-refractivity contribution < 1.29 is 4.79 Å². The normalized spacial score (nSPS) is 14.5. The summed E-state index contributed by atoms with van der Waals surface area (Å²) in [5, 5.41) is 0.537. The number of rotatable bonds is 2. The van der Waals surface area contributed by atoms with Crippen LogP contribution in [0.1, 0.15) is 17.0 Å². The van der Waals surface area contributed by atoms with Crippen molar-refractivity contribution in [2.24, 2.45) is 0 Å². The van der Waals surface area contributed by atoms with E-state index in [4.69, 9.17) is 4.98 Å². The molecule has 0 spiro atoms. The Hall–Kier alpha value is -3.99. The summed E-state index contributed by atoms with van der Waals surface area (Å²) in [7, 11) is 1.75. The van der Waals surface area contributed by atoms with Gasteiger partial charge in [-0.1, -0.05) is 48.0 Å². The molecule has 0 aliphatic carbocycles. The van der Waals surface area contributed by atoms with Gasteiger partial charge >= 0.3 is 0 Å². The van der Waals surface area contributed by atoms with E-state index in [9.17, 15) is 9.59 Å². The molecule has 2 heterocycles. The van der Waals surface area contributed by atoms with Gasteiger partial charge in [-0.15, -0.1) is 0 Å². The van der Waals surface area contributed by atoms with Crippen LogP contribution in [-0.2, 0) is 4.79 Å². The van der Waals surface area contributed by atoms with E-state index < -0.39 is 0 Å². The molecule has 0 atom stereocenters. The molecule has 0 N–H and O–H groups in total. The van der Waals surface area contributed by atoms with Gasteiger partial charge in [0.1, 0.15) is 5.82 Å². The van der Waals surface area contributed by atoms with Gasteiger partial charge in [-0.2, -0.15) is 0 Å². The first-order valence-electron chi connectivity index (χ1n) is 9.72. The summed E-state index contributed by atoms with van der Waals surface area (Å²) in [5.74, 6) is 0.310. The Morgan fingerprint density at radius 2 is 1.57 bits per heavy atom. The number of aromatic nitrogens is 2. The van der Waals surface area contributed by atoms with E-state index in [0.717, 1.165) is 16.8 Å². The van der Waals surface area contributed by atoms with E-state index in [-0.39, 0.29) is 11.5 Å². The minimum absolute atomic E-state index is 0.117. The summed E-state index contributed by atoms with van der Waals surface area (Å²) in [5.41, 5.74) is 4.45. The molecule has 1 amide bonds. The van der Waals surface area contributed by atoms with Crippen LogP contribution in [0.5, 0.6) is 0 Å². The molecule has 30 heavy (non-hydrogen) atoms. The molecule has 0 radical (unpaired) electrons. The second-order valence-corrected chi connectivity index (χ2v) is 7.40.